The van der Waals surface area contributed by atoms with Gasteiger partial charge >= 0.3 is 59.1 Å². The molecule has 0 aromatic heterocycles. The molecule has 2 rings (SSSR count). The Labute approximate surface area is 198 Å². The van der Waals surface area contributed by atoms with E-state index >= 15 is 0 Å². The van der Waals surface area contributed by atoms with Crippen LogP contribution in [0.4, 0.5) is 0 Å². The number of benzene rings is 2. The molecule has 2 aromatic rings. The van der Waals surface area contributed by atoms with Crippen molar-refractivity contribution in [1.82, 2.24) is 0 Å². The van der Waals surface area contributed by atoms with Crippen molar-refractivity contribution in [1.29, 1.82) is 0 Å². The standard InChI is InChI=1S/2C8H8O3S.2Na/c2*1-2-7-5-3-4-6-8(7)12(9,10)11;;/h2*2-6H,1H2,(H,9,10,11);;/q;;2*+1/p-2. The molecule has 0 heterocycles. The average Bonchev–Trinajstić information content (AvgIpc) is 2.53. The predicted molar refractivity (Wildman–Crippen MR) is 89.0 cm³/mol. The van der Waals surface area contributed by atoms with Crippen molar-refractivity contribution < 1.29 is 85.1 Å². The average molecular weight is 412 g/mol. The molecule has 0 fully saturated rings. The first-order valence-electron chi connectivity index (χ1n) is 6.46. The fourth-order valence-electron chi connectivity index (χ4n) is 1.75. The van der Waals surface area contributed by atoms with Crippen LogP contribution in [0.5, 0.6) is 0 Å². The summed E-state index contributed by atoms with van der Waals surface area (Å²) in [5.74, 6) is 0. The molecule has 10 heteroatoms. The van der Waals surface area contributed by atoms with Gasteiger partial charge in [-0.3, -0.25) is 0 Å². The summed E-state index contributed by atoms with van der Waals surface area (Å²) in [7, 11) is -8.73. The number of rotatable bonds is 4. The molecule has 0 saturated carbocycles. The molecule has 6 nitrogen and oxygen atoms in total. The Hall–Kier alpha value is -0.260. The molecule has 0 spiro atoms. The van der Waals surface area contributed by atoms with Gasteiger partial charge in [0.2, 0.25) is 0 Å². The van der Waals surface area contributed by atoms with E-state index in [1.54, 1.807) is 12.1 Å². The van der Waals surface area contributed by atoms with Gasteiger partial charge in [0, 0.05) is 0 Å². The van der Waals surface area contributed by atoms with Crippen LogP contribution < -0.4 is 59.1 Å². The summed E-state index contributed by atoms with van der Waals surface area (Å²) in [6.45, 7) is 6.80. The molecule has 0 aliphatic carbocycles. The third kappa shape index (κ3) is 8.62. The summed E-state index contributed by atoms with van der Waals surface area (Å²) in [5.41, 5.74) is 0.681. The molecule has 0 atom stereocenters. The summed E-state index contributed by atoms with van der Waals surface area (Å²) >= 11 is 0. The van der Waals surface area contributed by atoms with Gasteiger partial charge in [0.1, 0.15) is 20.2 Å². The van der Waals surface area contributed by atoms with E-state index in [9.17, 15) is 25.9 Å². The molecule has 0 unspecified atom stereocenters. The van der Waals surface area contributed by atoms with Crippen LogP contribution in [0.3, 0.4) is 0 Å². The van der Waals surface area contributed by atoms with Gasteiger partial charge in [-0.25, -0.2) is 16.8 Å². The van der Waals surface area contributed by atoms with E-state index in [-0.39, 0.29) is 68.9 Å². The van der Waals surface area contributed by atoms with E-state index < -0.39 is 20.2 Å². The fraction of sp³-hybridized carbons (Fsp3) is 0. The second-order valence-corrected chi connectivity index (χ2v) is 7.09. The van der Waals surface area contributed by atoms with Gasteiger partial charge in [-0.15, -0.1) is 0 Å². The second-order valence-electron chi connectivity index (χ2n) is 4.39. The minimum Gasteiger partial charge on any atom is -0.744 e. The van der Waals surface area contributed by atoms with E-state index in [1.807, 2.05) is 0 Å². The maximum absolute atomic E-state index is 10.6. The molecule has 0 N–H and O–H groups in total. The van der Waals surface area contributed by atoms with Crippen LogP contribution in [-0.4, -0.2) is 25.9 Å². The molecular weight excluding hydrogens is 398 g/mol. The van der Waals surface area contributed by atoms with Crippen molar-refractivity contribution in [3.63, 3.8) is 0 Å². The van der Waals surface area contributed by atoms with Crippen molar-refractivity contribution in [2.75, 3.05) is 0 Å². The fourth-order valence-corrected chi connectivity index (χ4v) is 3.12. The van der Waals surface area contributed by atoms with Crippen molar-refractivity contribution >= 4 is 32.4 Å². The van der Waals surface area contributed by atoms with Gasteiger partial charge in [-0.1, -0.05) is 61.7 Å². The van der Waals surface area contributed by atoms with Gasteiger partial charge in [-0.2, -0.15) is 0 Å². The van der Waals surface area contributed by atoms with E-state index in [4.69, 9.17) is 0 Å². The van der Waals surface area contributed by atoms with Crippen LogP contribution in [0.1, 0.15) is 11.1 Å². The van der Waals surface area contributed by atoms with E-state index in [2.05, 4.69) is 13.2 Å². The minimum atomic E-state index is -4.37. The van der Waals surface area contributed by atoms with Crippen LogP contribution in [0, 0.1) is 0 Å². The van der Waals surface area contributed by atoms with Gasteiger partial charge in [0.15, 0.2) is 0 Å². The van der Waals surface area contributed by atoms with Crippen molar-refractivity contribution in [2.24, 2.45) is 0 Å². The SMILES string of the molecule is C=Cc1ccccc1S(=O)(=O)[O-].C=Cc1ccccc1S(=O)(=O)[O-].[Na+].[Na+]. The summed E-state index contributed by atoms with van der Waals surface area (Å²) in [5, 5.41) is 0. The number of hydrogen-bond donors (Lipinski definition) is 0. The summed E-state index contributed by atoms with van der Waals surface area (Å²) in [6, 6.07) is 11.9. The molecule has 128 valence electrons. The molecule has 26 heavy (non-hydrogen) atoms. The summed E-state index contributed by atoms with van der Waals surface area (Å²) < 4.78 is 63.7. The number of hydrogen-bond acceptors (Lipinski definition) is 6. The van der Waals surface area contributed by atoms with Gasteiger partial charge < -0.3 is 9.11 Å². The summed E-state index contributed by atoms with van der Waals surface area (Å²) in [6.07, 6.45) is 2.68. The predicted octanol–water partition coefficient (Wildman–Crippen LogP) is -3.52. The Morgan fingerprint density at radius 2 is 0.923 bits per heavy atom. The zero-order valence-electron chi connectivity index (χ0n) is 14.5. The van der Waals surface area contributed by atoms with Crippen LogP contribution >= 0.6 is 0 Å². The van der Waals surface area contributed by atoms with Gasteiger partial charge in [-0.05, 0) is 23.3 Å². The third-order valence-electron chi connectivity index (χ3n) is 2.82. The Balaban J connectivity index is 0. The Morgan fingerprint density at radius 3 is 1.12 bits per heavy atom. The monoisotopic (exact) mass is 412 g/mol. The van der Waals surface area contributed by atoms with Crippen molar-refractivity contribution in [2.45, 2.75) is 9.79 Å². The largest absolute Gasteiger partial charge is 1.00 e. The molecule has 2 aromatic carbocycles. The van der Waals surface area contributed by atoms with Crippen LogP contribution in [0.2, 0.25) is 0 Å². The van der Waals surface area contributed by atoms with Gasteiger partial charge in [0.25, 0.3) is 0 Å². The molecule has 0 aliphatic rings. The zero-order chi connectivity index (χ0) is 18.4. The van der Waals surface area contributed by atoms with Crippen LogP contribution in [0.15, 0.2) is 71.5 Å². The molecular formula is C16H14Na2O6S2. The quantitative estimate of drug-likeness (QED) is 0.380. The van der Waals surface area contributed by atoms with Crippen LogP contribution in [0.25, 0.3) is 12.2 Å². The minimum absolute atomic E-state index is 0. The molecule has 0 bridgehead atoms. The topological polar surface area (TPSA) is 114 Å². The normalized spacial score (nSPS) is 10.2. The second kappa shape index (κ2) is 12.2. The molecule has 0 aliphatic heterocycles. The Morgan fingerprint density at radius 1 is 0.654 bits per heavy atom. The van der Waals surface area contributed by atoms with Crippen LogP contribution in [-0.2, 0) is 20.2 Å². The first-order chi connectivity index (χ1) is 11.1. The smallest absolute Gasteiger partial charge is 0.744 e. The first-order valence-corrected chi connectivity index (χ1v) is 9.27. The Bertz CT molecular complexity index is 875. The van der Waals surface area contributed by atoms with E-state index in [0.29, 0.717) is 11.1 Å². The van der Waals surface area contributed by atoms with Crippen molar-refractivity contribution in [3.05, 3.63) is 72.8 Å². The van der Waals surface area contributed by atoms with E-state index in [1.165, 1.54) is 48.6 Å². The molecule has 0 saturated heterocycles. The molecule has 0 radical (unpaired) electrons. The first kappa shape index (κ1) is 28.0. The summed E-state index contributed by atoms with van der Waals surface area (Å²) in [4.78, 5) is -0.444. The third-order valence-corrected chi connectivity index (χ3v) is 4.64. The maximum atomic E-state index is 10.6. The van der Waals surface area contributed by atoms with Gasteiger partial charge in [0.05, 0.1) is 9.79 Å². The zero-order valence-corrected chi connectivity index (χ0v) is 20.1. The molecule has 0 amide bonds. The van der Waals surface area contributed by atoms with Crippen molar-refractivity contribution in [3.8, 4) is 0 Å². The maximum Gasteiger partial charge on any atom is 1.00 e. The Kier molecular flexibility index (Phi) is 13.2. The van der Waals surface area contributed by atoms with E-state index in [0.717, 1.165) is 0 Å².